The number of carbonyl (C=O) groups is 2. The lowest BCUT2D eigenvalue weighted by Gasteiger charge is -2.56. The Bertz CT molecular complexity index is 1380. The van der Waals surface area contributed by atoms with Crippen LogP contribution in [0.2, 0.25) is 0 Å². The zero-order valence-electron chi connectivity index (χ0n) is 27.8. The third-order valence-corrected chi connectivity index (χ3v) is 10.5. The van der Waals surface area contributed by atoms with Crippen molar-refractivity contribution in [3.8, 4) is 5.75 Å². The van der Waals surface area contributed by atoms with Crippen LogP contribution in [0.5, 0.6) is 5.75 Å². The number of aliphatic imine (C=N–C) groups is 1. The highest BCUT2D eigenvalue weighted by atomic mass is 16.5. The van der Waals surface area contributed by atoms with Gasteiger partial charge in [0.1, 0.15) is 17.8 Å². The van der Waals surface area contributed by atoms with Crippen LogP contribution in [0.4, 0.5) is 0 Å². The Morgan fingerprint density at radius 3 is 2.23 bits per heavy atom. The number of amides is 2. The van der Waals surface area contributed by atoms with Crippen LogP contribution in [0.15, 0.2) is 21.6 Å². The highest BCUT2D eigenvalue weighted by molar-refractivity contribution is 5.91. The van der Waals surface area contributed by atoms with Crippen LogP contribution in [0.1, 0.15) is 111 Å². The van der Waals surface area contributed by atoms with Gasteiger partial charge < -0.3 is 43.2 Å². The molecule has 47 heavy (non-hydrogen) atoms. The number of nitrogens with zero attached hydrogens (tertiary/aromatic N) is 3. The number of rotatable bonds is 16. The van der Waals surface area contributed by atoms with Crippen molar-refractivity contribution >= 4 is 17.8 Å². The van der Waals surface area contributed by atoms with Crippen molar-refractivity contribution in [2.24, 2.45) is 51.1 Å². The quantitative estimate of drug-likeness (QED) is 0.0796. The molecule has 13 heteroatoms. The van der Waals surface area contributed by atoms with Crippen LogP contribution < -0.4 is 33.6 Å². The van der Waals surface area contributed by atoms with Crippen molar-refractivity contribution in [2.45, 2.75) is 109 Å². The lowest BCUT2D eigenvalue weighted by Crippen LogP contribution is -2.48. The van der Waals surface area contributed by atoms with Gasteiger partial charge >= 0.3 is 0 Å². The third-order valence-electron chi connectivity index (χ3n) is 10.5. The number of hydrogen-bond donors (Lipinski definition) is 7. The predicted octanol–water partition coefficient (Wildman–Crippen LogP) is 2.68. The van der Waals surface area contributed by atoms with E-state index in [0.29, 0.717) is 60.8 Å². The Morgan fingerprint density at radius 1 is 1.00 bits per heavy atom. The number of carbonyl (C=O) groups excluding carboxylic acids is 2. The molecule has 4 aliphatic carbocycles. The van der Waals surface area contributed by atoms with E-state index in [1.54, 1.807) is 26.0 Å². The van der Waals surface area contributed by atoms with Crippen molar-refractivity contribution in [3.05, 3.63) is 40.5 Å². The van der Waals surface area contributed by atoms with Crippen molar-refractivity contribution in [3.63, 3.8) is 0 Å². The SMILES string of the molecule is Cc1cc(O)cc(C)c1[C@H](NC(=O)[C@H](N)CCCN=C(N)N)C(=O)N[C@@H](CCCCN)c1nc(CC23CC4CC(CC(C4)C2)C3)no1. The minimum absolute atomic E-state index is 0.0276. The van der Waals surface area contributed by atoms with Crippen LogP contribution in [0, 0.1) is 37.0 Å². The van der Waals surface area contributed by atoms with E-state index in [2.05, 4.69) is 20.8 Å². The summed E-state index contributed by atoms with van der Waals surface area (Å²) in [6.07, 6.45) is 11.5. The molecule has 4 saturated carbocycles. The average Bonchev–Trinajstić information content (AvgIpc) is 3.44. The molecule has 0 spiro atoms. The lowest BCUT2D eigenvalue weighted by molar-refractivity contribution is -0.130. The van der Waals surface area contributed by atoms with Crippen molar-refractivity contribution < 1.29 is 19.2 Å². The number of aromatic hydroxyl groups is 1. The number of aryl methyl sites for hydroxylation is 2. The van der Waals surface area contributed by atoms with Gasteiger partial charge in [0.05, 0.1) is 6.04 Å². The van der Waals surface area contributed by atoms with Crippen molar-refractivity contribution in [1.29, 1.82) is 0 Å². The van der Waals surface area contributed by atoms with E-state index in [4.69, 9.17) is 32.4 Å². The highest BCUT2D eigenvalue weighted by Crippen LogP contribution is 2.60. The van der Waals surface area contributed by atoms with E-state index in [1.807, 2.05) is 0 Å². The first kappa shape index (κ1) is 34.6. The molecule has 2 aromatic rings. The summed E-state index contributed by atoms with van der Waals surface area (Å²) < 4.78 is 5.84. The van der Waals surface area contributed by atoms with Crippen molar-refractivity contribution in [2.75, 3.05) is 13.1 Å². The van der Waals surface area contributed by atoms with Gasteiger partial charge in [-0.2, -0.15) is 4.98 Å². The lowest BCUT2D eigenvalue weighted by atomic mass is 9.49. The molecule has 0 saturated heterocycles. The first-order chi connectivity index (χ1) is 22.4. The Hall–Kier alpha value is -3.71. The third kappa shape index (κ3) is 8.61. The van der Waals surface area contributed by atoms with Crippen molar-refractivity contribution in [1.82, 2.24) is 20.8 Å². The number of phenolic OH excluding ortho intramolecular Hbond substituents is 1. The molecule has 13 nitrogen and oxygen atoms in total. The maximum Gasteiger partial charge on any atom is 0.249 e. The molecule has 4 fully saturated rings. The van der Waals surface area contributed by atoms with Gasteiger partial charge in [0.15, 0.2) is 11.8 Å². The monoisotopic (exact) mass is 651 g/mol. The Labute approximate surface area is 277 Å². The summed E-state index contributed by atoms with van der Waals surface area (Å²) >= 11 is 0. The van der Waals surface area contributed by atoms with E-state index in [1.165, 1.54) is 38.5 Å². The smallest absolute Gasteiger partial charge is 0.249 e. The second kappa shape index (κ2) is 15.0. The standard InChI is InChI=1S/C34H53N9O4/c1-19-10-24(44)11-20(2)28(19)29(42-30(45)25(36)6-5-9-39-33(37)38)31(46)40-26(7-3-4-8-35)32-41-27(43-47-32)18-34-15-21-12-22(16-34)14-23(13-21)17-34/h10-11,21-23,25-26,29,44H,3-9,12-18,35-36H2,1-2H3,(H,40,46)(H,42,45)(H4,37,38,39)/t21?,22?,23?,25-,26+,29+,34?/m1/s1. The maximum atomic E-state index is 14.2. The summed E-state index contributed by atoms with van der Waals surface area (Å²) in [5.74, 6) is 2.63. The summed E-state index contributed by atoms with van der Waals surface area (Å²) in [5.41, 5.74) is 24.9. The molecule has 4 bridgehead atoms. The second-order valence-corrected chi connectivity index (χ2v) is 14.5. The van der Waals surface area contributed by atoms with Crippen LogP contribution >= 0.6 is 0 Å². The van der Waals surface area contributed by atoms with Crippen LogP contribution in [0.3, 0.4) is 0 Å². The molecule has 1 heterocycles. The summed E-state index contributed by atoms with van der Waals surface area (Å²) in [6.45, 7) is 4.44. The molecule has 1 aromatic heterocycles. The molecular weight excluding hydrogens is 598 g/mol. The minimum Gasteiger partial charge on any atom is -0.508 e. The van der Waals surface area contributed by atoms with Gasteiger partial charge in [0.25, 0.3) is 0 Å². The zero-order chi connectivity index (χ0) is 33.7. The first-order valence-electron chi connectivity index (χ1n) is 17.2. The zero-order valence-corrected chi connectivity index (χ0v) is 27.8. The highest BCUT2D eigenvalue weighted by Gasteiger charge is 2.51. The van der Waals surface area contributed by atoms with E-state index in [-0.39, 0.29) is 17.1 Å². The number of nitrogens with two attached hydrogens (primary N) is 4. The number of phenols is 1. The molecule has 4 aliphatic rings. The molecule has 0 aliphatic heterocycles. The summed E-state index contributed by atoms with van der Waals surface area (Å²) in [6, 6.07) is 0.588. The molecule has 6 rings (SSSR count). The maximum absolute atomic E-state index is 14.2. The van der Waals surface area contributed by atoms with E-state index < -0.39 is 29.9 Å². The largest absolute Gasteiger partial charge is 0.508 e. The molecule has 1 aromatic carbocycles. The number of nitrogens with one attached hydrogen (secondary N) is 2. The number of benzene rings is 1. The number of unbranched alkanes of at least 4 members (excludes halogenated alkanes) is 1. The van der Waals surface area contributed by atoms with Gasteiger partial charge in [0.2, 0.25) is 17.7 Å². The Morgan fingerprint density at radius 2 is 1.64 bits per heavy atom. The fourth-order valence-corrected chi connectivity index (χ4v) is 8.90. The summed E-state index contributed by atoms with van der Waals surface area (Å²) in [5, 5.41) is 20.6. The van der Waals surface area contributed by atoms with Crippen LogP contribution in [-0.4, -0.2) is 52.2 Å². The number of hydrogen-bond acceptors (Lipinski definition) is 9. The van der Waals surface area contributed by atoms with E-state index in [9.17, 15) is 14.7 Å². The predicted molar refractivity (Wildman–Crippen MR) is 179 cm³/mol. The van der Waals surface area contributed by atoms with Gasteiger partial charge in [0, 0.05) is 13.0 Å². The summed E-state index contributed by atoms with van der Waals surface area (Å²) in [4.78, 5) is 36.3. The van der Waals surface area contributed by atoms with Crippen LogP contribution in [0.25, 0.3) is 0 Å². The van der Waals surface area contributed by atoms with Gasteiger partial charge in [-0.3, -0.25) is 14.6 Å². The van der Waals surface area contributed by atoms with Gasteiger partial charge in [-0.05, 0) is 143 Å². The number of guanidine groups is 1. The van der Waals surface area contributed by atoms with E-state index >= 15 is 0 Å². The minimum atomic E-state index is -1.08. The molecule has 3 atom stereocenters. The average molecular weight is 652 g/mol. The first-order valence-corrected chi connectivity index (χ1v) is 17.2. The fraction of sp³-hybridized carbons (Fsp3) is 0.676. The number of aromatic nitrogens is 2. The molecular formula is C34H53N9O4. The van der Waals surface area contributed by atoms with E-state index in [0.717, 1.165) is 37.0 Å². The fourth-order valence-electron chi connectivity index (χ4n) is 8.90. The Kier molecular flexibility index (Phi) is 11.1. The molecule has 258 valence electrons. The molecule has 2 amide bonds. The van der Waals surface area contributed by atoms with Crippen LogP contribution in [-0.2, 0) is 16.0 Å². The Balaban J connectivity index is 1.34. The normalized spacial score (nSPS) is 24.8. The van der Waals surface area contributed by atoms with Gasteiger partial charge in [-0.15, -0.1) is 0 Å². The van der Waals surface area contributed by atoms with Gasteiger partial charge in [-0.1, -0.05) is 5.16 Å². The molecule has 0 unspecified atom stereocenters. The molecule has 11 N–H and O–H groups in total. The molecule has 0 radical (unpaired) electrons. The second-order valence-electron chi connectivity index (χ2n) is 14.5. The van der Waals surface area contributed by atoms with Gasteiger partial charge in [-0.25, -0.2) is 0 Å². The summed E-state index contributed by atoms with van der Waals surface area (Å²) in [7, 11) is 0. The topological polar surface area (TPSA) is 234 Å².